The molecule has 4 rings (SSSR count). The molecule has 0 radical (unpaired) electrons. The molecule has 0 N–H and O–H groups in total. The van der Waals surface area contributed by atoms with Crippen LogP contribution in [0.2, 0.25) is 0 Å². The molecule has 0 amide bonds. The number of hydrogen-bond acceptors (Lipinski definition) is 5. The molecule has 0 spiro atoms. The summed E-state index contributed by atoms with van der Waals surface area (Å²) >= 11 is 0. The molecule has 5 heteroatoms. The van der Waals surface area contributed by atoms with E-state index in [9.17, 15) is 9.59 Å². The van der Waals surface area contributed by atoms with Crippen LogP contribution in [0.25, 0.3) is 0 Å². The second-order valence-corrected chi connectivity index (χ2v) is 7.67. The van der Waals surface area contributed by atoms with E-state index in [1.54, 1.807) is 14.2 Å². The van der Waals surface area contributed by atoms with Gasteiger partial charge in [-0.15, -0.1) is 0 Å². The van der Waals surface area contributed by atoms with Gasteiger partial charge in [0.2, 0.25) is 0 Å². The van der Waals surface area contributed by atoms with Crippen LogP contribution in [0.3, 0.4) is 0 Å². The van der Waals surface area contributed by atoms with Crippen molar-refractivity contribution in [3.8, 4) is 11.5 Å². The molecule has 2 bridgehead atoms. The van der Waals surface area contributed by atoms with Crippen molar-refractivity contribution < 1.29 is 23.8 Å². The van der Waals surface area contributed by atoms with Crippen LogP contribution in [-0.4, -0.2) is 26.0 Å². The Hall–Kier alpha value is -2.56. The normalized spacial score (nSPS) is 30.7. The van der Waals surface area contributed by atoms with Crippen LogP contribution in [0, 0.1) is 17.8 Å². The van der Waals surface area contributed by atoms with E-state index in [-0.39, 0.29) is 23.5 Å². The van der Waals surface area contributed by atoms with Gasteiger partial charge in [0.1, 0.15) is 0 Å². The lowest BCUT2D eigenvalue weighted by Crippen LogP contribution is -2.53. The van der Waals surface area contributed by atoms with E-state index in [4.69, 9.17) is 14.2 Å². The molecule has 0 aromatic heterocycles. The number of fused-ring (bicyclic) bond motifs is 1. The molecule has 0 saturated heterocycles. The summed E-state index contributed by atoms with van der Waals surface area (Å²) in [7, 11) is 3.11. The molecule has 3 aliphatic carbocycles. The fourth-order valence-corrected chi connectivity index (χ4v) is 5.25. The van der Waals surface area contributed by atoms with Crippen LogP contribution >= 0.6 is 0 Å². The molecular formula is C22H24O5. The summed E-state index contributed by atoms with van der Waals surface area (Å²) in [5.41, 5.74) is 1.59. The predicted octanol–water partition coefficient (Wildman–Crippen LogP) is 3.36. The van der Waals surface area contributed by atoms with Gasteiger partial charge in [-0.25, -0.2) is 0 Å². The van der Waals surface area contributed by atoms with Gasteiger partial charge >= 0.3 is 5.97 Å². The van der Waals surface area contributed by atoms with Crippen LogP contribution in [0.15, 0.2) is 36.1 Å². The lowest BCUT2D eigenvalue weighted by atomic mass is 9.48. The Bertz CT molecular complexity index is 881. The summed E-state index contributed by atoms with van der Waals surface area (Å²) in [5.74, 6) is 1.50. The van der Waals surface area contributed by atoms with Crippen LogP contribution < -0.4 is 9.47 Å². The van der Waals surface area contributed by atoms with E-state index in [2.05, 4.69) is 19.1 Å². The highest BCUT2D eigenvalue weighted by Gasteiger charge is 2.57. The van der Waals surface area contributed by atoms with E-state index in [1.165, 1.54) is 6.92 Å². The minimum absolute atomic E-state index is 0.0147. The van der Waals surface area contributed by atoms with Gasteiger partial charge in [0.15, 0.2) is 23.0 Å². The Labute approximate surface area is 159 Å². The molecule has 1 aromatic rings. The van der Waals surface area contributed by atoms with Crippen LogP contribution in [0.1, 0.15) is 31.4 Å². The van der Waals surface area contributed by atoms with Crippen molar-refractivity contribution in [3.05, 3.63) is 47.2 Å². The Morgan fingerprint density at radius 2 is 1.96 bits per heavy atom. The topological polar surface area (TPSA) is 61.8 Å². The van der Waals surface area contributed by atoms with Gasteiger partial charge in [0, 0.05) is 24.3 Å². The Morgan fingerprint density at radius 1 is 1.19 bits per heavy atom. The first-order chi connectivity index (χ1) is 12.9. The number of ketones is 1. The van der Waals surface area contributed by atoms with Crippen molar-refractivity contribution in [3.63, 3.8) is 0 Å². The predicted molar refractivity (Wildman–Crippen MR) is 99.7 cm³/mol. The number of hydrogen-bond donors (Lipinski definition) is 0. The largest absolute Gasteiger partial charge is 0.493 e. The molecule has 1 aromatic carbocycles. The molecule has 5 nitrogen and oxygen atoms in total. The quantitative estimate of drug-likeness (QED) is 0.465. The van der Waals surface area contributed by atoms with E-state index >= 15 is 0 Å². The highest BCUT2D eigenvalue weighted by molar-refractivity contribution is 5.96. The highest BCUT2D eigenvalue weighted by Crippen LogP contribution is 2.60. The highest BCUT2D eigenvalue weighted by atomic mass is 16.6. The van der Waals surface area contributed by atoms with Gasteiger partial charge in [0.05, 0.1) is 14.2 Å². The van der Waals surface area contributed by atoms with E-state index in [0.29, 0.717) is 23.7 Å². The van der Waals surface area contributed by atoms with E-state index in [1.807, 2.05) is 18.2 Å². The maximum absolute atomic E-state index is 12.9. The van der Waals surface area contributed by atoms with Gasteiger partial charge in [0.25, 0.3) is 0 Å². The number of Topliss-reactive ketones (excluding diaryl/α,β-unsaturated/α-hetero) is 1. The number of carbonyl (C=O) groups is 2. The standard InChI is InChI=1S/C22H24O5/c1-12-5-6-14-9-15-7-8-18(25-3)21(27-13(2)23)20(15)22(12)11-17(24)19(26-4)10-16(14)22/h5-8,10,12,14,16H,9,11H2,1-4H3/t12-,14-,16+,22?/m0/s1. The first kappa shape index (κ1) is 17.8. The molecule has 142 valence electrons. The molecule has 27 heavy (non-hydrogen) atoms. The van der Waals surface area contributed by atoms with Crippen LogP contribution in [0.5, 0.6) is 11.5 Å². The lowest BCUT2D eigenvalue weighted by molar-refractivity contribution is -0.132. The van der Waals surface area contributed by atoms with Gasteiger partial charge in [-0.1, -0.05) is 25.1 Å². The van der Waals surface area contributed by atoms with Crippen LogP contribution in [-0.2, 0) is 26.2 Å². The van der Waals surface area contributed by atoms with Crippen molar-refractivity contribution in [2.75, 3.05) is 14.2 Å². The number of benzene rings is 1. The third-order valence-corrected chi connectivity index (χ3v) is 6.39. The Kier molecular flexibility index (Phi) is 4.13. The van der Waals surface area contributed by atoms with E-state index in [0.717, 1.165) is 17.5 Å². The summed E-state index contributed by atoms with van der Waals surface area (Å²) < 4.78 is 16.5. The zero-order valence-corrected chi connectivity index (χ0v) is 16.1. The number of methoxy groups -OCH3 is 2. The smallest absolute Gasteiger partial charge is 0.308 e. The Morgan fingerprint density at radius 3 is 2.63 bits per heavy atom. The fraction of sp³-hybridized carbons (Fsp3) is 0.455. The summed E-state index contributed by atoms with van der Waals surface area (Å²) in [4.78, 5) is 24.7. The zero-order valence-electron chi connectivity index (χ0n) is 16.1. The number of allylic oxidation sites excluding steroid dienone is 4. The molecule has 1 unspecified atom stereocenters. The maximum atomic E-state index is 12.9. The van der Waals surface area contributed by atoms with Crippen molar-refractivity contribution in [2.24, 2.45) is 17.8 Å². The second-order valence-electron chi connectivity index (χ2n) is 7.67. The molecule has 0 heterocycles. The number of ether oxygens (including phenoxy) is 3. The van der Waals surface area contributed by atoms with Gasteiger partial charge in [-0.05, 0) is 41.9 Å². The molecule has 4 atom stereocenters. The average molecular weight is 368 g/mol. The number of rotatable bonds is 3. The Balaban J connectivity index is 2.03. The number of carbonyl (C=O) groups excluding carboxylic acids is 2. The fourth-order valence-electron chi connectivity index (χ4n) is 5.25. The molecule has 0 aliphatic heterocycles. The lowest BCUT2D eigenvalue weighted by Gasteiger charge is -2.54. The van der Waals surface area contributed by atoms with Gasteiger partial charge in [-0.3, -0.25) is 9.59 Å². The first-order valence-corrected chi connectivity index (χ1v) is 9.28. The molecule has 3 aliphatic rings. The van der Waals surface area contributed by atoms with Crippen LogP contribution in [0.4, 0.5) is 0 Å². The third-order valence-electron chi connectivity index (χ3n) is 6.39. The summed E-state index contributed by atoms with van der Waals surface area (Å²) in [6.07, 6.45) is 7.58. The summed E-state index contributed by atoms with van der Waals surface area (Å²) in [6.45, 7) is 3.52. The SMILES string of the molecule is COC1=C[C@@H]2[C@H]3C=C[C@H](C)C2(CC1=O)c1c(ccc(OC)c1OC(C)=O)C3. The summed E-state index contributed by atoms with van der Waals surface area (Å²) in [5, 5.41) is 0. The molecular weight excluding hydrogens is 344 g/mol. The second kappa shape index (κ2) is 6.25. The van der Waals surface area contributed by atoms with Crippen molar-refractivity contribution >= 4 is 11.8 Å². The summed E-state index contributed by atoms with van der Waals surface area (Å²) in [6, 6.07) is 3.89. The van der Waals surface area contributed by atoms with Gasteiger partial charge in [-0.2, -0.15) is 0 Å². The molecule has 0 saturated carbocycles. The molecule has 0 fully saturated rings. The average Bonchev–Trinajstić information content (AvgIpc) is 2.63. The zero-order chi connectivity index (χ0) is 19.3. The van der Waals surface area contributed by atoms with Crippen molar-refractivity contribution in [2.45, 2.75) is 32.1 Å². The van der Waals surface area contributed by atoms with E-state index < -0.39 is 11.4 Å². The van der Waals surface area contributed by atoms with Crippen molar-refractivity contribution in [1.82, 2.24) is 0 Å². The van der Waals surface area contributed by atoms with Gasteiger partial charge < -0.3 is 14.2 Å². The maximum Gasteiger partial charge on any atom is 0.308 e. The first-order valence-electron chi connectivity index (χ1n) is 9.28. The monoisotopic (exact) mass is 368 g/mol. The minimum Gasteiger partial charge on any atom is -0.493 e. The minimum atomic E-state index is -0.467. The number of esters is 1. The third kappa shape index (κ3) is 2.44. The van der Waals surface area contributed by atoms with Crippen molar-refractivity contribution in [1.29, 1.82) is 0 Å².